The number of benzene rings is 1. The van der Waals surface area contributed by atoms with Crippen molar-refractivity contribution in [1.29, 1.82) is 0 Å². The summed E-state index contributed by atoms with van der Waals surface area (Å²) < 4.78 is 5.36. The average Bonchev–Trinajstić information content (AvgIpc) is 2.99. The number of esters is 1. The smallest absolute Gasteiger partial charge is 0.306 e. The fourth-order valence-electron chi connectivity index (χ4n) is 3.83. The SMILES string of the molecule is CC1CC2OC(=O)CC2[C@H]1/C=C/C(O)CCc1ccccc1. The summed E-state index contributed by atoms with van der Waals surface area (Å²) >= 11 is 0. The highest BCUT2D eigenvalue weighted by Gasteiger charge is 2.47. The molecule has 0 bridgehead atoms. The highest BCUT2D eigenvalue weighted by molar-refractivity contribution is 5.72. The van der Waals surface area contributed by atoms with Gasteiger partial charge in [0.2, 0.25) is 0 Å². The number of aliphatic hydroxyl groups is 1. The largest absolute Gasteiger partial charge is 0.462 e. The highest BCUT2D eigenvalue weighted by atomic mass is 16.6. The van der Waals surface area contributed by atoms with Crippen LogP contribution in [0.3, 0.4) is 0 Å². The second-order valence-electron chi connectivity index (χ2n) is 6.66. The number of carbonyl (C=O) groups is 1. The van der Waals surface area contributed by atoms with Crippen LogP contribution < -0.4 is 0 Å². The fraction of sp³-hybridized carbons (Fsp3) is 0.526. The molecule has 3 nitrogen and oxygen atoms in total. The normalized spacial score (nSPS) is 32.2. The van der Waals surface area contributed by atoms with Gasteiger partial charge in [0, 0.05) is 5.92 Å². The number of aryl methyl sites for hydroxylation is 1. The monoisotopic (exact) mass is 300 g/mol. The van der Waals surface area contributed by atoms with Crippen molar-refractivity contribution in [3.8, 4) is 0 Å². The number of hydrogen-bond acceptors (Lipinski definition) is 3. The van der Waals surface area contributed by atoms with Gasteiger partial charge in [0.1, 0.15) is 6.10 Å². The summed E-state index contributed by atoms with van der Waals surface area (Å²) in [5.74, 6) is 1.11. The molecular formula is C19H24O3. The van der Waals surface area contributed by atoms with E-state index in [4.69, 9.17) is 4.74 Å². The van der Waals surface area contributed by atoms with Gasteiger partial charge in [0.25, 0.3) is 0 Å². The minimum atomic E-state index is -0.426. The van der Waals surface area contributed by atoms with Crippen LogP contribution in [0.4, 0.5) is 0 Å². The van der Waals surface area contributed by atoms with Gasteiger partial charge in [-0.05, 0) is 36.7 Å². The van der Waals surface area contributed by atoms with Crippen LogP contribution in [0.5, 0.6) is 0 Å². The summed E-state index contributed by atoms with van der Waals surface area (Å²) in [5, 5.41) is 10.2. The van der Waals surface area contributed by atoms with E-state index in [1.54, 1.807) is 0 Å². The Morgan fingerprint density at radius 2 is 2.14 bits per heavy atom. The van der Waals surface area contributed by atoms with Gasteiger partial charge in [-0.1, -0.05) is 49.4 Å². The maximum atomic E-state index is 11.4. The standard InChI is InChI=1S/C19H24O3/c1-13-11-18-17(12-19(21)22-18)16(13)10-9-15(20)8-7-14-5-3-2-4-6-14/h2-6,9-10,13,15-18,20H,7-8,11-12H2,1H3/b10-9+/t13?,15?,16-,17?,18?/m0/s1. The van der Waals surface area contributed by atoms with Gasteiger partial charge < -0.3 is 9.84 Å². The molecule has 3 heteroatoms. The molecule has 5 atom stereocenters. The molecule has 2 aliphatic rings. The van der Waals surface area contributed by atoms with E-state index in [-0.39, 0.29) is 12.1 Å². The maximum absolute atomic E-state index is 11.4. The van der Waals surface area contributed by atoms with E-state index in [0.29, 0.717) is 24.2 Å². The van der Waals surface area contributed by atoms with E-state index < -0.39 is 6.10 Å². The minimum Gasteiger partial charge on any atom is -0.462 e. The zero-order chi connectivity index (χ0) is 15.5. The maximum Gasteiger partial charge on any atom is 0.306 e. The Morgan fingerprint density at radius 1 is 1.36 bits per heavy atom. The van der Waals surface area contributed by atoms with Crippen LogP contribution in [0.1, 0.15) is 31.7 Å². The number of carbonyl (C=O) groups excluding carboxylic acids is 1. The lowest BCUT2D eigenvalue weighted by molar-refractivity contribution is -0.141. The summed E-state index contributed by atoms with van der Waals surface area (Å²) in [6.45, 7) is 2.21. The Bertz CT molecular complexity index is 537. The average molecular weight is 300 g/mol. The number of aliphatic hydroxyl groups excluding tert-OH is 1. The van der Waals surface area contributed by atoms with Crippen molar-refractivity contribution in [2.24, 2.45) is 17.8 Å². The van der Waals surface area contributed by atoms with Gasteiger partial charge in [-0.25, -0.2) is 0 Å². The third-order valence-corrected chi connectivity index (χ3v) is 5.05. The molecule has 2 fully saturated rings. The van der Waals surface area contributed by atoms with E-state index in [0.717, 1.165) is 19.3 Å². The van der Waals surface area contributed by atoms with Crippen molar-refractivity contribution in [3.05, 3.63) is 48.0 Å². The number of fused-ring (bicyclic) bond motifs is 1. The molecule has 0 amide bonds. The Hall–Kier alpha value is -1.61. The Morgan fingerprint density at radius 3 is 2.91 bits per heavy atom. The third-order valence-electron chi connectivity index (χ3n) is 5.05. The lowest BCUT2D eigenvalue weighted by Crippen LogP contribution is -2.14. The van der Waals surface area contributed by atoms with Crippen LogP contribution in [0, 0.1) is 17.8 Å². The molecule has 1 heterocycles. The van der Waals surface area contributed by atoms with Crippen molar-refractivity contribution < 1.29 is 14.6 Å². The minimum absolute atomic E-state index is 0.0649. The van der Waals surface area contributed by atoms with Crippen LogP contribution in [0.25, 0.3) is 0 Å². The zero-order valence-corrected chi connectivity index (χ0v) is 13.0. The van der Waals surface area contributed by atoms with Gasteiger partial charge >= 0.3 is 5.97 Å². The fourth-order valence-corrected chi connectivity index (χ4v) is 3.83. The highest BCUT2D eigenvalue weighted by Crippen LogP contribution is 2.45. The lowest BCUT2D eigenvalue weighted by atomic mass is 9.88. The molecule has 1 aromatic carbocycles. The van der Waals surface area contributed by atoms with E-state index in [9.17, 15) is 9.90 Å². The predicted octanol–water partition coefficient (Wildman–Crippen LogP) is 3.12. The summed E-state index contributed by atoms with van der Waals surface area (Å²) in [6.07, 6.45) is 6.78. The first kappa shape index (κ1) is 15.3. The molecule has 0 aromatic heterocycles. The van der Waals surface area contributed by atoms with Gasteiger partial charge in [0.15, 0.2) is 0 Å². The number of rotatable bonds is 5. The second kappa shape index (κ2) is 6.66. The van der Waals surface area contributed by atoms with E-state index in [1.807, 2.05) is 24.3 Å². The summed E-state index contributed by atoms with van der Waals surface area (Å²) in [6, 6.07) is 10.2. The molecule has 1 saturated heterocycles. The molecule has 1 aliphatic heterocycles. The first-order valence-corrected chi connectivity index (χ1v) is 8.23. The number of hydrogen-bond donors (Lipinski definition) is 1. The molecule has 0 radical (unpaired) electrons. The zero-order valence-electron chi connectivity index (χ0n) is 13.0. The molecule has 118 valence electrons. The van der Waals surface area contributed by atoms with Crippen molar-refractivity contribution in [1.82, 2.24) is 0 Å². The summed E-state index contributed by atoms with van der Waals surface area (Å²) in [7, 11) is 0. The quantitative estimate of drug-likeness (QED) is 0.671. The van der Waals surface area contributed by atoms with Crippen LogP contribution in [-0.4, -0.2) is 23.3 Å². The van der Waals surface area contributed by atoms with Gasteiger partial charge in [-0.15, -0.1) is 0 Å². The number of ether oxygens (including phenoxy) is 1. The Labute approximate surface area is 132 Å². The van der Waals surface area contributed by atoms with Gasteiger partial charge in [-0.2, -0.15) is 0 Å². The molecule has 1 aliphatic carbocycles. The lowest BCUT2D eigenvalue weighted by Gasteiger charge is -2.16. The predicted molar refractivity (Wildman–Crippen MR) is 85.2 cm³/mol. The first-order chi connectivity index (χ1) is 10.6. The summed E-state index contributed by atoms with van der Waals surface area (Å²) in [5.41, 5.74) is 1.25. The molecule has 4 unspecified atom stereocenters. The van der Waals surface area contributed by atoms with Crippen LogP contribution >= 0.6 is 0 Å². The van der Waals surface area contributed by atoms with Crippen molar-refractivity contribution in [2.45, 2.75) is 44.8 Å². The second-order valence-corrected chi connectivity index (χ2v) is 6.66. The molecule has 3 rings (SSSR count). The van der Waals surface area contributed by atoms with Gasteiger partial charge in [-0.3, -0.25) is 4.79 Å². The topological polar surface area (TPSA) is 46.5 Å². The van der Waals surface area contributed by atoms with Crippen LogP contribution in [0.2, 0.25) is 0 Å². The van der Waals surface area contributed by atoms with Crippen molar-refractivity contribution in [3.63, 3.8) is 0 Å². The Kier molecular flexibility index (Phi) is 4.63. The first-order valence-electron chi connectivity index (χ1n) is 8.23. The van der Waals surface area contributed by atoms with E-state index >= 15 is 0 Å². The van der Waals surface area contributed by atoms with Crippen LogP contribution in [0.15, 0.2) is 42.5 Å². The van der Waals surface area contributed by atoms with Crippen molar-refractivity contribution in [2.75, 3.05) is 0 Å². The van der Waals surface area contributed by atoms with E-state index in [1.165, 1.54) is 5.56 Å². The molecule has 1 saturated carbocycles. The Balaban J connectivity index is 1.53. The molecule has 22 heavy (non-hydrogen) atoms. The molecule has 1 aromatic rings. The molecular weight excluding hydrogens is 276 g/mol. The molecule has 1 N–H and O–H groups in total. The summed E-state index contributed by atoms with van der Waals surface area (Å²) in [4.78, 5) is 11.4. The van der Waals surface area contributed by atoms with Gasteiger partial charge in [0.05, 0.1) is 12.5 Å². The molecule has 0 spiro atoms. The number of allylic oxidation sites excluding steroid dienone is 1. The van der Waals surface area contributed by atoms with E-state index in [2.05, 4.69) is 25.1 Å². The third kappa shape index (κ3) is 3.41. The van der Waals surface area contributed by atoms with Crippen molar-refractivity contribution >= 4 is 5.97 Å². The van der Waals surface area contributed by atoms with Crippen LogP contribution in [-0.2, 0) is 16.0 Å².